The van der Waals surface area contributed by atoms with Gasteiger partial charge in [0.25, 0.3) is 11.8 Å². The van der Waals surface area contributed by atoms with Crippen LogP contribution in [0.2, 0.25) is 0 Å². The summed E-state index contributed by atoms with van der Waals surface area (Å²) in [7, 11) is -3.78. The number of aryl methyl sites for hydroxylation is 3. The molecule has 0 bridgehead atoms. The highest BCUT2D eigenvalue weighted by Crippen LogP contribution is 2.35. The molecule has 8 nitrogen and oxygen atoms in total. The quantitative estimate of drug-likeness (QED) is 0.764. The normalized spacial score (nSPS) is 19.2. The van der Waals surface area contributed by atoms with Crippen molar-refractivity contribution in [3.63, 3.8) is 0 Å². The summed E-state index contributed by atoms with van der Waals surface area (Å²) in [5.74, 6) is -0.00955. The fraction of sp³-hybridized carbons (Fsp3) is 0.391. The van der Waals surface area contributed by atoms with Gasteiger partial charge in [0.1, 0.15) is 5.75 Å². The maximum Gasteiger partial charge on any atom is 0.265 e. The summed E-state index contributed by atoms with van der Waals surface area (Å²) in [6.45, 7) is 8.25. The number of nitrogens with zero attached hydrogens (tertiary/aromatic N) is 2. The molecule has 2 amide bonds. The molecule has 2 aliphatic heterocycles. The molecule has 2 aliphatic rings. The first-order valence-corrected chi connectivity index (χ1v) is 12.0. The number of ether oxygens (including phenoxy) is 1. The van der Waals surface area contributed by atoms with E-state index in [4.69, 9.17) is 4.74 Å². The highest BCUT2D eigenvalue weighted by atomic mass is 32.2. The lowest BCUT2D eigenvalue weighted by Crippen LogP contribution is -2.50. The predicted octanol–water partition coefficient (Wildman–Crippen LogP) is 2.48. The van der Waals surface area contributed by atoms with Crippen molar-refractivity contribution in [1.29, 1.82) is 0 Å². The maximum atomic E-state index is 13.4. The van der Waals surface area contributed by atoms with E-state index in [9.17, 15) is 18.0 Å². The third kappa shape index (κ3) is 3.98. The Labute approximate surface area is 188 Å². The molecule has 0 saturated carbocycles. The van der Waals surface area contributed by atoms with Gasteiger partial charge < -0.3 is 15.0 Å². The molecule has 0 aromatic heterocycles. The van der Waals surface area contributed by atoms with Crippen molar-refractivity contribution in [2.75, 3.05) is 31.5 Å². The van der Waals surface area contributed by atoms with Crippen molar-refractivity contribution in [1.82, 2.24) is 9.21 Å². The summed E-state index contributed by atoms with van der Waals surface area (Å²) in [5.41, 5.74) is 3.64. The van der Waals surface area contributed by atoms with Gasteiger partial charge in [-0.1, -0.05) is 17.7 Å². The Balaban J connectivity index is 1.51. The highest BCUT2D eigenvalue weighted by Gasteiger charge is 2.33. The third-order valence-corrected chi connectivity index (χ3v) is 8.00. The van der Waals surface area contributed by atoms with Crippen LogP contribution in [0.1, 0.15) is 34.0 Å². The lowest BCUT2D eigenvalue weighted by Gasteiger charge is -2.35. The van der Waals surface area contributed by atoms with Crippen LogP contribution in [0.25, 0.3) is 0 Å². The zero-order chi connectivity index (χ0) is 23.2. The minimum atomic E-state index is -3.78. The highest BCUT2D eigenvalue weighted by molar-refractivity contribution is 7.89. The standard InChI is InChI=1S/C23H27N3O5S/c1-14-5-6-18(15(2)11-14)23(28)25-7-9-26(10-8-25)32(29,30)21-13-20-19(12-16(21)3)24-22(27)17(4)31-20/h5-6,11-13,17H,7-10H2,1-4H3,(H,24,27). The molecule has 1 saturated heterocycles. The number of amides is 2. The molecule has 1 atom stereocenters. The van der Waals surface area contributed by atoms with E-state index in [1.54, 1.807) is 24.8 Å². The SMILES string of the molecule is Cc1ccc(C(=O)N2CCN(S(=O)(=O)c3cc4c(cc3C)NC(=O)C(C)O4)CC2)c(C)c1. The first-order valence-electron chi connectivity index (χ1n) is 10.6. The fourth-order valence-electron chi connectivity index (χ4n) is 4.12. The molecule has 32 heavy (non-hydrogen) atoms. The summed E-state index contributed by atoms with van der Waals surface area (Å²) >= 11 is 0. The van der Waals surface area contributed by atoms with E-state index in [1.807, 2.05) is 32.0 Å². The number of hydrogen-bond donors (Lipinski definition) is 1. The second kappa shape index (κ2) is 8.22. The van der Waals surface area contributed by atoms with E-state index in [2.05, 4.69) is 5.32 Å². The topological polar surface area (TPSA) is 96.0 Å². The van der Waals surface area contributed by atoms with Gasteiger partial charge in [0.15, 0.2) is 6.10 Å². The Kier molecular flexibility index (Phi) is 5.72. The number of rotatable bonds is 3. The van der Waals surface area contributed by atoms with E-state index in [1.165, 1.54) is 10.4 Å². The van der Waals surface area contributed by atoms with Crippen LogP contribution in [0, 0.1) is 20.8 Å². The van der Waals surface area contributed by atoms with Crippen LogP contribution in [0.3, 0.4) is 0 Å². The van der Waals surface area contributed by atoms with Crippen LogP contribution < -0.4 is 10.1 Å². The molecule has 0 spiro atoms. The number of piperazine rings is 1. The molecule has 2 aromatic carbocycles. The Morgan fingerprint density at radius 3 is 2.38 bits per heavy atom. The summed E-state index contributed by atoms with van der Waals surface area (Å²) < 4.78 is 33.7. The Morgan fingerprint density at radius 2 is 1.72 bits per heavy atom. The van der Waals surface area contributed by atoms with E-state index in [-0.39, 0.29) is 29.8 Å². The van der Waals surface area contributed by atoms with Gasteiger partial charge in [0, 0.05) is 37.8 Å². The number of benzene rings is 2. The average molecular weight is 458 g/mol. The molecule has 1 unspecified atom stereocenters. The monoisotopic (exact) mass is 457 g/mol. The summed E-state index contributed by atoms with van der Waals surface area (Å²) in [5, 5.41) is 2.73. The summed E-state index contributed by atoms with van der Waals surface area (Å²) in [6.07, 6.45) is -0.694. The van der Waals surface area contributed by atoms with Crippen molar-refractivity contribution in [2.45, 2.75) is 38.7 Å². The Hall–Kier alpha value is -2.91. The van der Waals surface area contributed by atoms with Crippen LogP contribution in [-0.4, -0.2) is 61.7 Å². The van der Waals surface area contributed by atoms with Gasteiger partial charge >= 0.3 is 0 Å². The smallest absolute Gasteiger partial charge is 0.265 e. The van der Waals surface area contributed by atoms with Crippen LogP contribution in [0.15, 0.2) is 35.2 Å². The van der Waals surface area contributed by atoms with E-state index in [0.717, 1.165) is 11.1 Å². The number of carbonyl (C=O) groups excluding carboxylic acids is 2. The largest absolute Gasteiger partial charge is 0.479 e. The molecule has 0 radical (unpaired) electrons. The molecular weight excluding hydrogens is 430 g/mol. The molecule has 9 heteroatoms. The predicted molar refractivity (Wildman–Crippen MR) is 120 cm³/mol. The van der Waals surface area contributed by atoms with Crippen LogP contribution >= 0.6 is 0 Å². The minimum absolute atomic E-state index is 0.0809. The molecule has 4 rings (SSSR count). The third-order valence-electron chi connectivity index (χ3n) is 5.96. The number of nitrogens with one attached hydrogen (secondary N) is 1. The Morgan fingerprint density at radius 1 is 1.03 bits per heavy atom. The second-order valence-corrected chi connectivity index (χ2v) is 10.3. The number of sulfonamides is 1. The first kappa shape index (κ1) is 22.3. The van der Waals surface area contributed by atoms with Gasteiger partial charge in [0.05, 0.1) is 10.6 Å². The molecule has 2 heterocycles. The van der Waals surface area contributed by atoms with E-state index >= 15 is 0 Å². The van der Waals surface area contributed by atoms with Crippen molar-refractivity contribution >= 4 is 27.5 Å². The molecule has 0 aliphatic carbocycles. The lowest BCUT2D eigenvalue weighted by atomic mass is 10.0. The van der Waals surface area contributed by atoms with Crippen LogP contribution in [0.4, 0.5) is 5.69 Å². The number of hydrogen-bond acceptors (Lipinski definition) is 5. The lowest BCUT2D eigenvalue weighted by molar-refractivity contribution is -0.122. The van der Waals surface area contributed by atoms with Gasteiger partial charge in [-0.25, -0.2) is 8.42 Å². The number of anilines is 1. The number of fused-ring (bicyclic) bond motifs is 1. The van der Waals surface area contributed by atoms with Crippen molar-refractivity contribution in [3.8, 4) is 5.75 Å². The van der Waals surface area contributed by atoms with Gasteiger partial charge in [0.2, 0.25) is 10.0 Å². The molecule has 1 N–H and O–H groups in total. The van der Waals surface area contributed by atoms with Crippen molar-refractivity contribution in [2.24, 2.45) is 0 Å². The van der Waals surface area contributed by atoms with Crippen LogP contribution in [0.5, 0.6) is 5.75 Å². The molecule has 2 aromatic rings. The molecule has 1 fully saturated rings. The van der Waals surface area contributed by atoms with E-state index < -0.39 is 16.1 Å². The minimum Gasteiger partial charge on any atom is -0.479 e. The second-order valence-electron chi connectivity index (χ2n) is 8.38. The first-order chi connectivity index (χ1) is 15.1. The molecular formula is C23H27N3O5S. The van der Waals surface area contributed by atoms with Crippen molar-refractivity contribution in [3.05, 3.63) is 52.6 Å². The van der Waals surface area contributed by atoms with Crippen molar-refractivity contribution < 1.29 is 22.7 Å². The van der Waals surface area contributed by atoms with Gasteiger partial charge in [-0.15, -0.1) is 0 Å². The Bertz CT molecular complexity index is 1200. The average Bonchev–Trinajstić information content (AvgIpc) is 2.74. The fourth-order valence-corrected chi connectivity index (χ4v) is 5.76. The zero-order valence-corrected chi connectivity index (χ0v) is 19.5. The summed E-state index contributed by atoms with van der Waals surface area (Å²) in [4.78, 5) is 26.6. The van der Waals surface area contributed by atoms with Gasteiger partial charge in [-0.2, -0.15) is 4.31 Å². The van der Waals surface area contributed by atoms with Gasteiger partial charge in [-0.05, 0) is 51.0 Å². The zero-order valence-electron chi connectivity index (χ0n) is 18.6. The van der Waals surface area contributed by atoms with E-state index in [0.29, 0.717) is 35.7 Å². The maximum absolute atomic E-state index is 13.4. The number of carbonyl (C=O) groups is 2. The summed E-state index contributed by atoms with van der Waals surface area (Å²) in [6, 6.07) is 8.80. The van der Waals surface area contributed by atoms with Gasteiger partial charge in [-0.3, -0.25) is 9.59 Å². The van der Waals surface area contributed by atoms with Crippen LogP contribution in [-0.2, 0) is 14.8 Å². The molecule has 170 valence electrons.